The Labute approximate surface area is 196 Å². The van der Waals surface area contributed by atoms with Gasteiger partial charge in [0.25, 0.3) is 0 Å². The number of nitrogens with one attached hydrogen (secondary N) is 1. The van der Waals surface area contributed by atoms with Gasteiger partial charge in [-0.15, -0.1) is 0 Å². The molecule has 3 heterocycles. The van der Waals surface area contributed by atoms with Crippen LogP contribution < -0.4 is 14.8 Å². The Balaban J connectivity index is 1.37. The summed E-state index contributed by atoms with van der Waals surface area (Å²) >= 11 is 0. The molecule has 0 bridgehead atoms. The molecule has 2 saturated heterocycles. The molecule has 6 nitrogen and oxygen atoms in total. The molecule has 1 N–H and O–H groups in total. The van der Waals surface area contributed by atoms with Crippen LogP contribution in [0.5, 0.6) is 11.5 Å². The Morgan fingerprint density at radius 3 is 2.61 bits per heavy atom. The molecular formula is C27H35N3O3. The predicted molar refractivity (Wildman–Crippen MR) is 129 cm³/mol. The second kappa shape index (κ2) is 9.26. The van der Waals surface area contributed by atoms with Gasteiger partial charge in [-0.25, -0.2) is 4.79 Å². The maximum absolute atomic E-state index is 13.4. The first-order valence-electron chi connectivity index (χ1n) is 12.2. The standard InChI is InChI=1S/C27H35N3O3/c1-18(19-8-5-4-6-9-19)28-27(31)30-12-7-10-21-17-29-13-11-20-14-25(32-2)26(33-3)15-22(20)24(29)16-23(21)30/h4-6,8-9,14-15,18,21,23-24H,7,10-13,16-17H2,1-3H3,(H,28,31)/t18-,21-,23+,24+/m1/s1. The van der Waals surface area contributed by atoms with Gasteiger partial charge in [-0.2, -0.15) is 0 Å². The number of carbonyl (C=O) groups excluding carboxylic acids is 1. The van der Waals surface area contributed by atoms with E-state index in [9.17, 15) is 4.79 Å². The van der Waals surface area contributed by atoms with Gasteiger partial charge in [0.05, 0.1) is 20.3 Å². The van der Waals surface area contributed by atoms with Crippen molar-refractivity contribution >= 4 is 6.03 Å². The zero-order valence-electron chi connectivity index (χ0n) is 19.9. The molecule has 0 saturated carbocycles. The smallest absolute Gasteiger partial charge is 0.318 e. The highest BCUT2D eigenvalue weighted by molar-refractivity contribution is 5.75. The molecule has 5 rings (SSSR count). The summed E-state index contributed by atoms with van der Waals surface area (Å²) in [6, 6.07) is 15.1. The van der Waals surface area contributed by atoms with E-state index in [4.69, 9.17) is 9.47 Å². The Kier molecular flexibility index (Phi) is 6.19. The number of hydrogen-bond donors (Lipinski definition) is 1. The summed E-state index contributed by atoms with van der Waals surface area (Å²) in [7, 11) is 3.39. The first kappa shape index (κ1) is 22.1. The molecule has 2 fully saturated rings. The van der Waals surface area contributed by atoms with E-state index in [1.165, 1.54) is 17.5 Å². The van der Waals surface area contributed by atoms with Crippen molar-refractivity contribution in [1.82, 2.24) is 15.1 Å². The first-order valence-corrected chi connectivity index (χ1v) is 12.2. The lowest BCUT2D eigenvalue weighted by molar-refractivity contribution is 0.00522. The molecule has 3 aliphatic heterocycles. The van der Waals surface area contributed by atoms with Gasteiger partial charge in [0.2, 0.25) is 0 Å². The van der Waals surface area contributed by atoms with Crippen LogP contribution in [0.25, 0.3) is 0 Å². The van der Waals surface area contributed by atoms with E-state index in [0.29, 0.717) is 12.0 Å². The third-order valence-corrected chi connectivity index (χ3v) is 7.87. The average Bonchev–Trinajstić information content (AvgIpc) is 2.86. The van der Waals surface area contributed by atoms with E-state index in [-0.39, 0.29) is 18.1 Å². The Morgan fingerprint density at radius 2 is 1.85 bits per heavy atom. The lowest BCUT2D eigenvalue weighted by Gasteiger charge is -2.52. The largest absolute Gasteiger partial charge is 0.493 e. The van der Waals surface area contributed by atoms with Crippen molar-refractivity contribution in [2.75, 3.05) is 33.9 Å². The second-order valence-electron chi connectivity index (χ2n) is 9.65. The van der Waals surface area contributed by atoms with Gasteiger partial charge in [0.1, 0.15) is 0 Å². The second-order valence-corrected chi connectivity index (χ2v) is 9.65. The van der Waals surface area contributed by atoms with Crippen LogP contribution in [0, 0.1) is 5.92 Å². The maximum atomic E-state index is 13.4. The van der Waals surface area contributed by atoms with Gasteiger partial charge < -0.3 is 19.7 Å². The topological polar surface area (TPSA) is 54.0 Å². The predicted octanol–water partition coefficient (Wildman–Crippen LogP) is 4.56. The zero-order chi connectivity index (χ0) is 22.9. The third kappa shape index (κ3) is 4.17. The molecule has 0 spiro atoms. The number of benzene rings is 2. The third-order valence-electron chi connectivity index (χ3n) is 7.87. The van der Waals surface area contributed by atoms with Crippen LogP contribution in [-0.4, -0.2) is 55.7 Å². The van der Waals surface area contributed by atoms with Crippen LogP contribution >= 0.6 is 0 Å². The minimum absolute atomic E-state index is 0.00806. The summed E-state index contributed by atoms with van der Waals surface area (Å²) in [5, 5.41) is 3.26. The molecule has 0 aliphatic carbocycles. The van der Waals surface area contributed by atoms with Crippen LogP contribution in [-0.2, 0) is 6.42 Å². The minimum Gasteiger partial charge on any atom is -0.493 e. The number of likely N-dealkylation sites (tertiary alicyclic amines) is 1. The van der Waals surface area contributed by atoms with E-state index >= 15 is 0 Å². The number of rotatable bonds is 4. The molecule has 2 amide bonds. The van der Waals surface area contributed by atoms with Gasteiger partial charge >= 0.3 is 6.03 Å². The van der Waals surface area contributed by atoms with E-state index < -0.39 is 0 Å². The van der Waals surface area contributed by atoms with E-state index in [2.05, 4.69) is 46.3 Å². The lowest BCUT2D eigenvalue weighted by atomic mass is 9.76. The molecule has 6 heteroatoms. The maximum Gasteiger partial charge on any atom is 0.318 e. The molecular weight excluding hydrogens is 414 g/mol. The van der Waals surface area contributed by atoms with Crippen LogP contribution in [0.2, 0.25) is 0 Å². The Morgan fingerprint density at radius 1 is 1.09 bits per heavy atom. The van der Waals surface area contributed by atoms with Crippen molar-refractivity contribution < 1.29 is 14.3 Å². The highest BCUT2D eigenvalue weighted by atomic mass is 16.5. The normalized spacial score (nSPS) is 25.3. The number of methoxy groups -OCH3 is 2. The van der Waals surface area contributed by atoms with Crippen LogP contribution in [0.1, 0.15) is 55.0 Å². The zero-order valence-corrected chi connectivity index (χ0v) is 19.9. The van der Waals surface area contributed by atoms with Crippen molar-refractivity contribution in [3.05, 3.63) is 59.2 Å². The fourth-order valence-electron chi connectivity index (χ4n) is 6.12. The summed E-state index contributed by atoms with van der Waals surface area (Å²) in [6.07, 6.45) is 4.28. The molecule has 0 unspecified atom stereocenters. The molecule has 33 heavy (non-hydrogen) atoms. The van der Waals surface area contributed by atoms with Gasteiger partial charge in [-0.1, -0.05) is 30.3 Å². The number of piperidine rings is 2. The molecule has 0 aromatic heterocycles. The quantitative estimate of drug-likeness (QED) is 0.744. The summed E-state index contributed by atoms with van der Waals surface area (Å²) in [5.41, 5.74) is 3.81. The molecule has 4 atom stereocenters. The number of fused-ring (bicyclic) bond motifs is 4. The van der Waals surface area contributed by atoms with Gasteiger partial charge in [-0.05, 0) is 67.3 Å². The number of carbonyl (C=O) groups is 1. The first-order chi connectivity index (χ1) is 16.1. The summed E-state index contributed by atoms with van der Waals surface area (Å²) in [5.74, 6) is 2.12. The lowest BCUT2D eigenvalue weighted by Crippen LogP contribution is -2.59. The van der Waals surface area contributed by atoms with E-state index in [1.807, 2.05) is 18.2 Å². The van der Waals surface area contributed by atoms with Crippen molar-refractivity contribution in [2.24, 2.45) is 5.92 Å². The van der Waals surface area contributed by atoms with Crippen LogP contribution in [0.3, 0.4) is 0 Å². The molecule has 3 aliphatic rings. The van der Waals surface area contributed by atoms with Crippen molar-refractivity contribution in [3.8, 4) is 11.5 Å². The van der Waals surface area contributed by atoms with Crippen molar-refractivity contribution in [3.63, 3.8) is 0 Å². The minimum atomic E-state index is -0.00806. The Bertz CT molecular complexity index is 996. The average molecular weight is 450 g/mol. The van der Waals surface area contributed by atoms with Crippen LogP contribution in [0.15, 0.2) is 42.5 Å². The van der Waals surface area contributed by atoms with Gasteiger partial charge in [0.15, 0.2) is 11.5 Å². The fourth-order valence-corrected chi connectivity index (χ4v) is 6.12. The van der Waals surface area contributed by atoms with E-state index in [0.717, 1.165) is 56.0 Å². The summed E-state index contributed by atoms with van der Waals surface area (Å²) < 4.78 is 11.2. The highest BCUT2D eigenvalue weighted by Gasteiger charge is 2.44. The summed E-state index contributed by atoms with van der Waals surface area (Å²) in [6.45, 7) is 5.02. The molecule has 2 aromatic rings. The van der Waals surface area contributed by atoms with E-state index in [1.54, 1.807) is 14.2 Å². The number of amides is 2. The fraction of sp³-hybridized carbons (Fsp3) is 0.519. The number of urea groups is 1. The number of hydrogen-bond acceptors (Lipinski definition) is 4. The van der Waals surface area contributed by atoms with Gasteiger partial charge in [0, 0.05) is 31.7 Å². The molecule has 176 valence electrons. The summed E-state index contributed by atoms with van der Waals surface area (Å²) in [4.78, 5) is 18.1. The SMILES string of the molecule is COc1cc2c(cc1OC)[C@@H]1C[C@H]3[C@H](CCCN3C(=O)N[C@H](C)c3ccccc3)CN1CC2. The van der Waals surface area contributed by atoms with Gasteiger partial charge in [-0.3, -0.25) is 4.90 Å². The van der Waals surface area contributed by atoms with Crippen LogP contribution in [0.4, 0.5) is 4.79 Å². The molecule has 2 aromatic carbocycles. The highest BCUT2D eigenvalue weighted by Crippen LogP contribution is 2.45. The van der Waals surface area contributed by atoms with Crippen molar-refractivity contribution in [1.29, 1.82) is 0 Å². The van der Waals surface area contributed by atoms with Crippen molar-refractivity contribution in [2.45, 2.75) is 50.7 Å². The monoisotopic (exact) mass is 449 g/mol. The number of nitrogens with zero attached hydrogens (tertiary/aromatic N) is 2. The number of ether oxygens (including phenoxy) is 2. The Hall–Kier alpha value is -2.73. The molecule has 0 radical (unpaired) electrons.